The van der Waals surface area contributed by atoms with E-state index in [2.05, 4.69) is 56.1 Å². The van der Waals surface area contributed by atoms with Crippen LogP contribution in [0.25, 0.3) is 9.88 Å². The maximum Gasteiger partial charge on any atom is 0.210 e. The van der Waals surface area contributed by atoms with Crippen LogP contribution in [-0.4, -0.2) is 41.4 Å². The Morgan fingerprint density at radius 2 is 1.92 bits per heavy atom. The summed E-state index contributed by atoms with van der Waals surface area (Å²) >= 11 is 3.25. The van der Waals surface area contributed by atoms with Crippen molar-refractivity contribution in [1.29, 1.82) is 0 Å². The molecule has 5 nitrogen and oxygen atoms in total. The van der Waals surface area contributed by atoms with Crippen LogP contribution < -0.4 is 5.32 Å². The number of rotatable bonds is 5. The predicted octanol–water partition coefficient (Wildman–Crippen LogP) is 3.84. The maximum absolute atomic E-state index is 5.39. The Labute approximate surface area is 148 Å². The number of benzene rings is 1. The van der Waals surface area contributed by atoms with Gasteiger partial charge in [-0.2, -0.15) is 0 Å². The van der Waals surface area contributed by atoms with Gasteiger partial charge < -0.3 is 10.1 Å². The molecule has 124 valence electrons. The van der Waals surface area contributed by atoms with Gasteiger partial charge in [0.15, 0.2) is 5.01 Å². The number of ether oxygens (including phenoxy) is 1. The zero-order chi connectivity index (χ0) is 16.2. The van der Waals surface area contributed by atoms with Crippen LogP contribution in [0, 0.1) is 0 Å². The quantitative estimate of drug-likeness (QED) is 0.751. The van der Waals surface area contributed by atoms with Crippen molar-refractivity contribution in [3.63, 3.8) is 0 Å². The van der Waals surface area contributed by atoms with Crippen molar-refractivity contribution in [1.82, 2.24) is 15.1 Å². The highest BCUT2D eigenvalue weighted by Crippen LogP contribution is 2.31. The molecular formula is C17H18N4OS2. The lowest BCUT2D eigenvalue weighted by molar-refractivity contribution is 0.0342. The average Bonchev–Trinajstić information content (AvgIpc) is 3.29. The highest BCUT2D eigenvalue weighted by Gasteiger charge is 2.11. The molecular weight excluding hydrogens is 340 g/mol. The molecule has 4 rings (SSSR count). The number of morpholine rings is 1. The summed E-state index contributed by atoms with van der Waals surface area (Å²) in [6, 6.07) is 12.6. The van der Waals surface area contributed by atoms with E-state index in [1.165, 1.54) is 5.56 Å². The smallest absolute Gasteiger partial charge is 0.210 e. The second-order valence-corrected chi connectivity index (χ2v) is 7.53. The average molecular weight is 358 g/mol. The predicted molar refractivity (Wildman–Crippen MR) is 99.0 cm³/mol. The Hall–Kier alpha value is -1.80. The molecule has 3 heterocycles. The van der Waals surface area contributed by atoms with E-state index in [0.29, 0.717) is 0 Å². The van der Waals surface area contributed by atoms with Gasteiger partial charge in [-0.15, -0.1) is 21.5 Å². The number of anilines is 2. The molecule has 1 aromatic carbocycles. The second-order valence-electron chi connectivity index (χ2n) is 5.60. The summed E-state index contributed by atoms with van der Waals surface area (Å²) in [4.78, 5) is 3.57. The number of nitrogens with zero attached hydrogens (tertiary/aromatic N) is 3. The van der Waals surface area contributed by atoms with Gasteiger partial charge in [0, 0.05) is 25.3 Å². The third-order valence-electron chi connectivity index (χ3n) is 3.87. The largest absolute Gasteiger partial charge is 0.379 e. The fourth-order valence-electron chi connectivity index (χ4n) is 2.61. The van der Waals surface area contributed by atoms with Crippen LogP contribution in [0.15, 0.2) is 41.8 Å². The molecule has 24 heavy (non-hydrogen) atoms. The summed E-state index contributed by atoms with van der Waals surface area (Å²) in [5.41, 5.74) is 2.36. The van der Waals surface area contributed by atoms with E-state index in [1.54, 1.807) is 22.7 Å². The molecule has 1 aliphatic rings. The normalized spacial score (nSPS) is 15.5. The Bertz CT molecular complexity index is 764. The minimum atomic E-state index is 0.819. The van der Waals surface area contributed by atoms with Crippen LogP contribution in [0.2, 0.25) is 0 Å². The van der Waals surface area contributed by atoms with Gasteiger partial charge in [-0.05, 0) is 29.1 Å². The second kappa shape index (κ2) is 7.40. The van der Waals surface area contributed by atoms with E-state index in [-0.39, 0.29) is 0 Å². The Balaban J connectivity index is 1.38. The van der Waals surface area contributed by atoms with Crippen molar-refractivity contribution in [2.45, 2.75) is 6.54 Å². The summed E-state index contributed by atoms with van der Waals surface area (Å²) < 4.78 is 5.39. The first-order chi connectivity index (χ1) is 11.9. The zero-order valence-electron chi connectivity index (χ0n) is 13.1. The summed E-state index contributed by atoms with van der Waals surface area (Å²) in [7, 11) is 0. The van der Waals surface area contributed by atoms with Crippen molar-refractivity contribution < 1.29 is 4.74 Å². The molecule has 0 atom stereocenters. The zero-order valence-corrected chi connectivity index (χ0v) is 14.8. The third kappa shape index (κ3) is 3.81. The van der Waals surface area contributed by atoms with Gasteiger partial charge in [-0.3, -0.25) is 4.90 Å². The van der Waals surface area contributed by atoms with Crippen molar-refractivity contribution in [3.8, 4) is 9.88 Å². The van der Waals surface area contributed by atoms with Crippen molar-refractivity contribution in [2.24, 2.45) is 0 Å². The first-order valence-electron chi connectivity index (χ1n) is 7.90. The van der Waals surface area contributed by atoms with Crippen molar-refractivity contribution in [2.75, 3.05) is 31.6 Å². The van der Waals surface area contributed by atoms with Gasteiger partial charge in [0.1, 0.15) is 0 Å². The SMILES string of the molecule is c1csc(-c2nnc(Nc3ccc(CN4CCOCC4)cc3)s2)c1. The Morgan fingerprint density at radius 3 is 2.67 bits per heavy atom. The van der Waals surface area contributed by atoms with Crippen LogP contribution in [0.3, 0.4) is 0 Å². The molecule has 0 amide bonds. The highest BCUT2D eigenvalue weighted by molar-refractivity contribution is 7.22. The van der Waals surface area contributed by atoms with Gasteiger partial charge >= 0.3 is 0 Å². The Morgan fingerprint density at radius 1 is 1.08 bits per heavy atom. The fraction of sp³-hybridized carbons (Fsp3) is 0.294. The number of hydrogen-bond donors (Lipinski definition) is 1. The minimum absolute atomic E-state index is 0.819. The van der Waals surface area contributed by atoms with Crippen LogP contribution in [-0.2, 0) is 11.3 Å². The molecule has 0 radical (unpaired) electrons. The van der Waals surface area contributed by atoms with Crippen molar-refractivity contribution >= 4 is 33.5 Å². The van der Waals surface area contributed by atoms with E-state index in [4.69, 9.17) is 4.74 Å². The number of hydrogen-bond acceptors (Lipinski definition) is 7. The first kappa shape index (κ1) is 15.7. The van der Waals surface area contributed by atoms with Gasteiger partial charge in [0.2, 0.25) is 5.13 Å². The Kier molecular flexibility index (Phi) is 4.84. The van der Waals surface area contributed by atoms with E-state index in [1.807, 2.05) is 6.07 Å². The summed E-state index contributed by atoms with van der Waals surface area (Å²) in [6.07, 6.45) is 0. The molecule has 7 heteroatoms. The number of aromatic nitrogens is 2. The van der Waals surface area contributed by atoms with E-state index in [9.17, 15) is 0 Å². The summed E-state index contributed by atoms with van der Waals surface area (Å²) in [5.74, 6) is 0. The van der Waals surface area contributed by atoms with Gasteiger partial charge in [-0.25, -0.2) is 0 Å². The number of nitrogens with one attached hydrogen (secondary N) is 1. The van der Waals surface area contributed by atoms with Crippen LogP contribution in [0.1, 0.15) is 5.56 Å². The standard InChI is InChI=1S/C17H18N4OS2/c1-2-15(23-11-1)16-19-20-17(24-16)18-14-5-3-13(4-6-14)12-21-7-9-22-10-8-21/h1-6,11H,7-10,12H2,(H,18,20). The monoisotopic (exact) mass is 358 g/mol. The molecule has 1 N–H and O–H groups in total. The first-order valence-corrected chi connectivity index (χ1v) is 9.60. The lowest BCUT2D eigenvalue weighted by Gasteiger charge is -2.26. The molecule has 0 saturated carbocycles. The minimum Gasteiger partial charge on any atom is -0.379 e. The van der Waals surface area contributed by atoms with Crippen molar-refractivity contribution in [3.05, 3.63) is 47.3 Å². The third-order valence-corrected chi connectivity index (χ3v) is 5.75. The molecule has 3 aromatic rings. The van der Waals surface area contributed by atoms with E-state index in [0.717, 1.165) is 53.6 Å². The van der Waals surface area contributed by atoms with E-state index < -0.39 is 0 Å². The number of thiophene rings is 1. The molecule has 1 aliphatic heterocycles. The van der Waals surface area contributed by atoms with Gasteiger partial charge in [0.25, 0.3) is 0 Å². The van der Waals surface area contributed by atoms with Crippen LogP contribution in [0.5, 0.6) is 0 Å². The van der Waals surface area contributed by atoms with E-state index >= 15 is 0 Å². The summed E-state index contributed by atoms with van der Waals surface area (Å²) in [5, 5.41) is 15.6. The molecule has 2 aromatic heterocycles. The highest BCUT2D eigenvalue weighted by atomic mass is 32.1. The topological polar surface area (TPSA) is 50.3 Å². The lowest BCUT2D eigenvalue weighted by Crippen LogP contribution is -2.35. The molecule has 0 unspecified atom stereocenters. The lowest BCUT2D eigenvalue weighted by atomic mass is 10.2. The summed E-state index contributed by atoms with van der Waals surface area (Å²) in [6.45, 7) is 4.67. The van der Waals surface area contributed by atoms with Gasteiger partial charge in [0.05, 0.1) is 18.1 Å². The molecule has 0 bridgehead atoms. The molecule has 1 saturated heterocycles. The van der Waals surface area contributed by atoms with Gasteiger partial charge in [-0.1, -0.05) is 29.5 Å². The molecule has 0 spiro atoms. The maximum atomic E-state index is 5.39. The van der Waals surface area contributed by atoms with Crippen LogP contribution in [0.4, 0.5) is 10.8 Å². The molecule has 1 fully saturated rings. The fourth-order valence-corrected chi connectivity index (χ4v) is 4.16. The van der Waals surface area contributed by atoms with Crippen LogP contribution >= 0.6 is 22.7 Å². The molecule has 0 aliphatic carbocycles.